The van der Waals surface area contributed by atoms with Crippen molar-refractivity contribution in [2.45, 2.75) is 0 Å². The second-order valence-electron chi connectivity index (χ2n) is 0.271. The van der Waals surface area contributed by atoms with Gasteiger partial charge in [-0.15, -0.1) is 0 Å². The van der Waals surface area contributed by atoms with Crippen molar-refractivity contribution in [3.63, 3.8) is 0 Å². The first-order valence-corrected chi connectivity index (χ1v) is 11.6. The largest absolute Gasteiger partial charge is 0.0938 e. The molecule has 0 amide bonds. The van der Waals surface area contributed by atoms with Crippen LogP contribution in [0.3, 0.4) is 0 Å². The van der Waals surface area contributed by atoms with Gasteiger partial charge in [0.05, 0.1) is 2.41 Å². The third-order valence-electron chi connectivity index (χ3n) is 0.0522. The van der Waals surface area contributed by atoms with Crippen molar-refractivity contribution in [2.24, 2.45) is 0 Å². The Morgan fingerprint density at radius 2 is 1.60 bits per heavy atom. The van der Waals surface area contributed by atoms with Crippen LogP contribution in [-0.4, -0.2) is 0 Å². The normalized spacial score (nSPS) is 9.60. The molecule has 0 spiro atoms. The molecule has 0 aliphatic carbocycles. The summed E-state index contributed by atoms with van der Waals surface area (Å²) in [5, 5.41) is 0. The Morgan fingerprint density at radius 1 is 1.40 bits per heavy atom. The molecule has 5 heavy (non-hydrogen) atoms. The lowest BCUT2D eigenvalue weighted by atomic mass is 30.4. The molecule has 0 fully saturated rings. The second kappa shape index (κ2) is 5.11. The lowest BCUT2D eigenvalue weighted by Gasteiger charge is -1.82. The maximum atomic E-state index is 2.41. The summed E-state index contributed by atoms with van der Waals surface area (Å²) in [6, 6.07) is 0. The first-order chi connectivity index (χ1) is 2.27. The number of hydrogen-bond acceptors (Lipinski definition) is 1. The molecular formula is I3PS. The predicted molar refractivity (Wildman–Crippen MR) is 56.6 cm³/mol. The Balaban J connectivity index is 2.54. The van der Waals surface area contributed by atoms with Gasteiger partial charge in [0.2, 0.25) is 0 Å². The summed E-state index contributed by atoms with van der Waals surface area (Å²) in [5.74, 6) is 0. The van der Waals surface area contributed by atoms with Crippen molar-refractivity contribution < 1.29 is 0 Å². The Bertz CT molecular complexity index is 20.9. The van der Waals surface area contributed by atoms with Crippen molar-refractivity contribution >= 4 is 76.2 Å². The fourth-order valence-corrected chi connectivity index (χ4v) is 0. The summed E-state index contributed by atoms with van der Waals surface area (Å²) in [7, 11) is 1.89. The third kappa shape index (κ3) is 6.97. The van der Waals surface area contributed by atoms with Gasteiger partial charge in [-0.05, 0) is 52.6 Å². The molecule has 0 unspecified atom stereocenters. The van der Waals surface area contributed by atoms with Crippen LogP contribution in [-0.2, 0) is 0 Å². The zero-order chi connectivity index (χ0) is 4.28. The molecule has 0 aromatic carbocycles. The minimum atomic E-state index is 0.245. The Kier molecular flexibility index (Phi) is 8.15. The molecule has 5 heteroatoms. The highest BCUT2D eigenvalue weighted by molar-refractivity contribution is 14.3. The van der Waals surface area contributed by atoms with Gasteiger partial charge in [0.25, 0.3) is 0 Å². The first-order valence-electron chi connectivity index (χ1n) is 0.675. The lowest BCUT2D eigenvalue weighted by molar-refractivity contribution is 5.99. The maximum absolute atomic E-state index is 2.41. The van der Waals surface area contributed by atoms with Gasteiger partial charge >= 0.3 is 0 Å². The Morgan fingerprint density at radius 3 is 1.60 bits per heavy atom. The molecule has 0 aromatic rings. The smallest absolute Gasteiger partial charge is 0.0398 e. The summed E-state index contributed by atoms with van der Waals surface area (Å²) in [4.78, 5) is 0. The van der Waals surface area contributed by atoms with Crippen LogP contribution in [0, 0.1) is 0 Å². The van der Waals surface area contributed by atoms with E-state index >= 15 is 0 Å². The molecule has 0 atom stereocenters. The number of hydrogen-bond donors (Lipinski definition) is 0. The molecule has 0 saturated carbocycles. The van der Waals surface area contributed by atoms with Gasteiger partial charge < -0.3 is 0 Å². The summed E-state index contributed by atoms with van der Waals surface area (Å²) in [5.41, 5.74) is 0. The average molecular weight is 444 g/mol. The number of rotatable bonds is 1. The topological polar surface area (TPSA) is 0 Å². The van der Waals surface area contributed by atoms with E-state index in [1.165, 1.54) is 0 Å². The molecular weight excluding hydrogens is 444 g/mol. The van der Waals surface area contributed by atoms with Gasteiger partial charge in [0, 0.05) is 21.2 Å². The molecule has 0 rings (SSSR count). The zero-order valence-electron chi connectivity index (χ0n) is 1.99. The van der Waals surface area contributed by atoms with E-state index in [0.717, 1.165) is 0 Å². The van der Waals surface area contributed by atoms with E-state index < -0.39 is 0 Å². The van der Waals surface area contributed by atoms with Crippen LogP contribution in [0.4, 0.5) is 0 Å². The summed E-state index contributed by atoms with van der Waals surface area (Å²) in [6.07, 6.45) is 0. The van der Waals surface area contributed by atoms with Gasteiger partial charge in [-0.2, -0.15) is 0 Å². The van der Waals surface area contributed by atoms with Crippen molar-refractivity contribution in [3.8, 4) is 0 Å². The highest BCUT2D eigenvalue weighted by Crippen LogP contribution is 2.67. The third-order valence-corrected chi connectivity index (χ3v) is 21.1. The van der Waals surface area contributed by atoms with E-state index in [-0.39, 0.29) is 2.41 Å². The van der Waals surface area contributed by atoms with Crippen LogP contribution in [0.1, 0.15) is 0 Å². The number of halogens is 3. The van der Waals surface area contributed by atoms with Gasteiger partial charge in [-0.25, -0.2) is 0 Å². The van der Waals surface area contributed by atoms with E-state index in [2.05, 4.69) is 65.3 Å². The monoisotopic (exact) mass is 444 g/mol. The van der Waals surface area contributed by atoms with Gasteiger partial charge in [-0.1, -0.05) is 0 Å². The molecule has 0 bridgehead atoms. The maximum Gasteiger partial charge on any atom is 0.0938 e. The fourth-order valence-electron chi connectivity index (χ4n) is 0. The van der Waals surface area contributed by atoms with Gasteiger partial charge in [-0.3, -0.25) is 0 Å². The highest BCUT2D eigenvalue weighted by atomic mass is 127. The molecule has 0 nitrogen and oxygen atoms in total. The summed E-state index contributed by atoms with van der Waals surface area (Å²) < 4.78 is 0.245. The molecule has 0 aliphatic rings. The quantitative estimate of drug-likeness (QED) is 0.433. The minimum absolute atomic E-state index is 0.245. The Hall–Kier alpha value is 2.97. The molecule has 0 N–H and O–H groups in total. The van der Waals surface area contributed by atoms with Crippen molar-refractivity contribution in [1.82, 2.24) is 0 Å². The van der Waals surface area contributed by atoms with Crippen LogP contribution in [0.15, 0.2) is 0 Å². The van der Waals surface area contributed by atoms with Crippen molar-refractivity contribution in [3.05, 3.63) is 0 Å². The van der Waals surface area contributed by atoms with E-state index in [1.54, 1.807) is 0 Å². The standard InChI is InChI=1S/I3PS/c1-4(2)5-3. The SMILES string of the molecule is ISP(I)I. The van der Waals surface area contributed by atoms with E-state index in [0.29, 0.717) is 0 Å². The van der Waals surface area contributed by atoms with Crippen LogP contribution in [0.2, 0.25) is 0 Å². The molecule has 0 radical (unpaired) electrons. The van der Waals surface area contributed by atoms with E-state index in [4.69, 9.17) is 0 Å². The highest BCUT2D eigenvalue weighted by Gasteiger charge is 1.87. The van der Waals surface area contributed by atoms with E-state index in [9.17, 15) is 0 Å². The zero-order valence-corrected chi connectivity index (χ0v) is 10.2. The van der Waals surface area contributed by atoms with Crippen LogP contribution < -0.4 is 0 Å². The van der Waals surface area contributed by atoms with E-state index in [1.807, 2.05) is 8.55 Å². The Labute approximate surface area is 74.7 Å². The first kappa shape index (κ1) is 7.97. The minimum Gasteiger partial charge on any atom is -0.0398 e. The summed E-state index contributed by atoms with van der Waals surface area (Å²) in [6.45, 7) is 0. The van der Waals surface area contributed by atoms with Crippen LogP contribution >= 0.6 is 76.2 Å². The van der Waals surface area contributed by atoms with Gasteiger partial charge in [0.15, 0.2) is 0 Å². The fraction of sp³-hybridized carbons (Fsp3) is 0. The second-order valence-corrected chi connectivity index (χ2v) is 21.1. The predicted octanol–water partition coefficient (Wildman–Crippen LogP) is 4.17. The molecule has 0 aromatic heterocycles. The molecule has 0 saturated heterocycles. The average Bonchev–Trinajstić information content (AvgIpc) is 1.38. The van der Waals surface area contributed by atoms with Crippen molar-refractivity contribution in [2.75, 3.05) is 0 Å². The van der Waals surface area contributed by atoms with Crippen LogP contribution in [0.25, 0.3) is 0 Å². The molecule has 0 heterocycles. The summed E-state index contributed by atoms with van der Waals surface area (Å²) >= 11 is 7.13. The lowest BCUT2D eigenvalue weighted by Crippen LogP contribution is -1.04. The van der Waals surface area contributed by atoms with Gasteiger partial charge in [0.1, 0.15) is 0 Å². The molecule has 0 aliphatic heterocycles. The molecule has 32 valence electrons. The van der Waals surface area contributed by atoms with Crippen molar-refractivity contribution in [1.29, 1.82) is 0 Å². The van der Waals surface area contributed by atoms with Crippen LogP contribution in [0.5, 0.6) is 0 Å².